The normalized spacial score (nSPS) is 20.6. The molecule has 1 aromatic rings. The molecule has 1 aliphatic rings. The van der Waals surface area contributed by atoms with Crippen molar-refractivity contribution in [2.24, 2.45) is 0 Å². The highest BCUT2D eigenvalue weighted by molar-refractivity contribution is 7.09. The van der Waals surface area contributed by atoms with E-state index in [0.29, 0.717) is 0 Å². The summed E-state index contributed by atoms with van der Waals surface area (Å²) in [7, 11) is 0. The fourth-order valence-corrected chi connectivity index (χ4v) is 2.96. The molecule has 2 N–H and O–H groups in total. The Balaban J connectivity index is 1.51. The zero-order chi connectivity index (χ0) is 11.9. The molecule has 4 heteroatoms. The van der Waals surface area contributed by atoms with E-state index < -0.39 is 0 Å². The van der Waals surface area contributed by atoms with Crippen molar-refractivity contribution in [2.75, 3.05) is 13.1 Å². The maximum Gasteiger partial charge on any atom is 0.0897 e. The number of piperidine rings is 1. The van der Waals surface area contributed by atoms with Crippen molar-refractivity contribution in [3.8, 4) is 0 Å². The zero-order valence-electron chi connectivity index (χ0n) is 10.7. The van der Waals surface area contributed by atoms with Crippen LogP contribution in [0, 0.1) is 6.92 Å². The van der Waals surface area contributed by atoms with Crippen LogP contribution >= 0.6 is 11.3 Å². The van der Waals surface area contributed by atoms with E-state index in [-0.39, 0.29) is 0 Å². The van der Waals surface area contributed by atoms with Crippen LogP contribution in [0.2, 0.25) is 0 Å². The van der Waals surface area contributed by atoms with E-state index in [0.717, 1.165) is 24.1 Å². The topological polar surface area (TPSA) is 37.0 Å². The Morgan fingerprint density at radius 1 is 1.53 bits per heavy atom. The van der Waals surface area contributed by atoms with Crippen LogP contribution in [0.15, 0.2) is 5.38 Å². The van der Waals surface area contributed by atoms with Crippen LogP contribution in [0.1, 0.15) is 42.8 Å². The van der Waals surface area contributed by atoms with E-state index in [1.165, 1.54) is 44.3 Å². The van der Waals surface area contributed by atoms with Gasteiger partial charge in [0.25, 0.3) is 0 Å². The monoisotopic (exact) mass is 253 g/mol. The van der Waals surface area contributed by atoms with Crippen LogP contribution < -0.4 is 10.6 Å². The van der Waals surface area contributed by atoms with E-state index >= 15 is 0 Å². The summed E-state index contributed by atoms with van der Waals surface area (Å²) in [4.78, 5) is 4.44. The summed E-state index contributed by atoms with van der Waals surface area (Å²) in [6, 6.07) is 0.770. The molecule has 0 saturated carbocycles. The van der Waals surface area contributed by atoms with Gasteiger partial charge in [0.15, 0.2) is 0 Å². The molecule has 0 radical (unpaired) electrons. The van der Waals surface area contributed by atoms with Crippen LogP contribution in [0.4, 0.5) is 0 Å². The molecule has 0 aromatic carbocycles. The minimum atomic E-state index is 0.770. The van der Waals surface area contributed by atoms with Crippen LogP contribution in [0.5, 0.6) is 0 Å². The molecule has 2 heterocycles. The Labute approximate surface area is 108 Å². The van der Waals surface area contributed by atoms with Gasteiger partial charge >= 0.3 is 0 Å². The first kappa shape index (κ1) is 13.0. The predicted molar refractivity (Wildman–Crippen MR) is 73.4 cm³/mol. The first-order valence-electron chi connectivity index (χ1n) is 6.70. The molecule has 3 nitrogen and oxygen atoms in total. The molecule has 1 saturated heterocycles. The van der Waals surface area contributed by atoms with E-state index in [9.17, 15) is 0 Å². The molecule has 1 atom stereocenters. The van der Waals surface area contributed by atoms with Gasteiger partial charge in [-0.15, -0.1) is 11.3 Å². The summed E-state index contributed by atoms with van der Waals surface area (Å²) in [5, 5.41) is 10.4. The largest absolute Gasteiger partial charge is 0.314 e. The van der Waals surface area contributed by atoms with Crippen molar-refractivity contribution >= 4 is 11.3 Å². The van der Waals surface area contributed by atoms with Gasteiger partial charge < -0.3 is 10.6 Å². The van der Waals surface area contributed by atoms with Gasteiger partial charge in [-0.1, -0.05) is 6.42 Å². The molecular weight excluding hydrogens is 230 g/mol. The summed E-state index contributed by atoms with van der Waals surface area (Å²) in [5.41, 5.74) is 1.18. The van der Waals surface area contributed by atoms with E-state index in [1.54, 1.807) is 11.3 Å². The van der Waals surface area contributed by atoms with E-state index in [4.69, 9.17) is 0 Å². The molecule has 2 rings (SSSR count). The maximum atomic E-state index is 4.44. The SMILES string of the molecule is Cc1nc(CNCCCC2CCCCN2)cs1. The molecule has 96 valence electrons. The Bertz CT molecular complexity index is 318. The number of hydrogen-bond acceptors (Lipinski definition) is 4. The van der Waals surface area contributed by atoms with Crippen molar-refractivity contribution in [2.45, 2.75) is 51.6 Å². The smallest absolute Gasteiger partial charge is 0.0897 e. The standard InChI is InChI=1S/C13H23N3S/c1-11-16-13(10-17-11)9-14-7-4-6-12-5-2-3-8-15-12/h10,12,14-15H,2-9H2,1H3. The van der Waals surface area contributed by atoms with Crippen molar-refractivity contribution in [1.29, 1.82) is 0 Å². The highest BCUT2D eigenvalue weighted by atomic mass is 32.1. The summed E-state index contributed by atoms with van der Waals surface area (Å²) in [6.45, 7) is 5.30. The Morgan fingerprint density at radius 3 is 3.18 bits per heavy atom. The first-order chi connectivity index (χ1) is 8.34. The van der Waals surface area contributed by atoms with Gasteiger partial charge in [-0.05, 0) is 45.7 Å². The van der Waals surface area contributed by atoms with Gasteiger partial charge in [-0.2, -0.15) is 0 Å². The lowest BCUT2D eigenvalue weighted by Gasteiger charge is -2.23. The number of thiazole rings is 1. The number of aromatic nitrogens is 1. The highest BCUT2D eigenvalue weighted by Crippen LogP contribution is 2.11. The first-order valence-corrected chi connectivity index (χ1v) is 7.57. The van der Waals surface area contributed by atoms with Gasteiger partial charge in [0.1, 0.15) is 0 Å². The predicted octanol–water partition coefficient (Wildman–Crippen LogP) is 2.46. The van der Waals surface area contributed by atoms with Crippen LogP contribution in [0.3, 0.4) is 0 Å². The second-order valence-corrected chi connectivity index (χ2v) is 5.89. The molecule has 0 aliphatic carbocycles. The fourth-order valence-electron chi connectivity index (χ4n) is 2.35. The number of nitrogens with zero attached hydrogens (tertiary/aromatic N) is 1. The van der Waals surface area contributed by atoms with Gasteiger partial charge in [0, 0.05) is 18.0 Å². The number of rotatable bonds is 6. The fraction of sp³-hybridized carbons (Fsp3) is 0.769. The maximum absolute atomic E-state index is 4.44. The number of nitrogens with one attached hydrogen (secondary N) is 2. The Kier molecular flexibility index (Phi) is 5.42. The summed E-state index contributed by atoms with van der Waals surface area (Å²) >= 11 is 1.73. The van der Waals surface area contributed by atoms with Gasteiger partial charge in [0.2, 0.25) is 0 Å². The van der Waals surface area contributed by atoms with Gasteiger partial charge in [-0.25, -0.2) is 4.98 Å². The van der Waals surface area contributed by atoms with Crippen LogP contribution in [-0.4, -0.2) is 24.1 Å². The van der Waals surface area contributed by atoms with Crippen molar-refractivity contribution in [1.82, 2.24) is 15.6 Å². The van der Waals surface area contributed by atoms with Gasteiger partial charge in [-0.3, -0.25) is 0 Å². The molecule has 1 aliphatic heterocycles. The third-order valence-corrected chi connectivity index (χ3v) is 4.11. The van der Waals surface area contributed by atoms with Gasteiger partial charge in [0.05, 0.1) is 10.7 Å². The third-order valence-electron chi connectivity index (χ3n) is 3.29. The minimum absolute atomic E-state index is 0.770. The Hall–Kier alpha value is -0.450. The van der Waals surface area contributed by atoms with Crippen LogP contribution in [0.25, 0.3) is 0 Å². The summed E-state index contributed by atoms with van der Waals surface area (Å²) in [6.07, 6.45) is 6.70. The van der Waals surface area contributed by atoms with Crippen LogP contribution in [-0.2, 0) is 6.54 Å². The lowest BCUT2D eigenvalue weighted by Crippen LogP contribution is -2.34. The summed E-state index contributed by atoms with van der Waals surface area (Å²) in [5.74, 6) is 0. The average molecular weight is 253 g/mol. The lowest BCUT2D eigenvalue weighted by molar-refractivity contribution is 0.373. The molecule has 1 fully saturated rings. The molecule has 17 heavy (non-hydrogen) atoms. The molecule has 0 amide bonds. The third kappa shape index (κ3) is 4.74. The second-order valence-electron chi connectivity index (χ2n) is 4.82. The molecule has 0 spiro atoms. The molecule has 1 unspecified atom stereocenters. The number of aryl methyl sites for hydroxylation is 1. The zero-order valence-corrected chi connectivity index (χ0v) is 11.5. The van der Waals surface area contributed by atoms with E-state index in [1.807, 2.05) is 0 Å². The number of hydrogen-bond donors (Lipinski definition) is 2. The quantitative estimate of drug-likeness (QED) is 0.765. The molecular formula is C13H23N3S. The van der Waals surface area contributed by atoms with Crippen molar-refractivity contribution in [3.05, 3.63) is 16.1 Å². The second kappa shape index (κ2) is 7.09. The summed E-state index contributed by atoms with van der Waals surface area (Å²) < 4.78 is 0. The minimum Gasteiger partial charge on any atom is -0.314 e. The average Bonchev–Trinajstić information content (AvgIpc) is 2.76. The molecule has 0 bridgehead atoms. The highest BCUT2D eigenvalue weighted by Gasteiger charge is 2.11. The van der Waals surface area contributed by atoms with Crippen molar-refractivity contribution in [3.63, 3.8) is 0 Å². The van der Waals surface area contributed by atoms with Crippen molar-refractivity contribution < 1.29 is 0 Å². The Morgan fingerprint density at radius 2 is 2.47 bits per heavy atom. The molecule has 1 aromatic heterocycles. The lowest BCUT2D eigenvalue weighted by atomic mass is 10.0. The van der Waals surface area contributed by atoms with E-state index in [2.05, 4.69) is 27.9 Å².